The minimum atomic E-state index is -0.0115. The van der Waals surface area contributed by atoms with E-state index in [2.05, 4.69) is 19.1 Å². The SMILES string of the molecule is C[C@H]1C/C=C\CCCCCCCC(=O)OCC1. The van der Waals surface area contributed by atoms with Crippen molar-refractivity contribution in [3.8, 4) is 0 Å². The lowest BCUT2D eigenvalue weighted by molar-refractivity contribution is -0.144. The molecule has 2 nitrogen and oxygen atoms in total. The van der Waals surface area contributed by atoms with Crippen molar-refractivity contribution in [3.63, 3.8) is 0 Å². The average Bonchev–Trinajstić information content (AvgIpc) is 2.31. The van der Waals surface area contributed by atoms with Crippen molar-refractivity contribution in [1.29, 1.82) is 0 Å². The van der Waals surface area contributed by atoms with Crippen LogP contribution < -0.4 is 0 Å². The zero-order chi connectivity index (χ0) is 12.3. The van der Waals surface area contributed by atoms with E-state index >= 15 is 0 Å². The third-order valence-electron chi connectivity index (χ3n) is 3.33. The number of ether oxygens (including phenoxy) is 1. The Morgan fingerprint density at radius 3 is 2.76 bits per heavy atom. The van der Waals surface area contributed by atoms with E-state index in [0.29, 0.717) is 18.9 Å². The predicted molar refractivity (Wildman–Crippen MR) is 70.8 cm³/mol. The van der Waals surface area contributed by atoms with Crippen LogP contribution in [0.5, 0.6) is 0 Å². The van der Waals surface area contributed by atoms with Gasteiger partial charge in [0.25, 0.3) is 0 Å². The average molecular weight is 238 g/mol. The number of carbonyl (C=O) groups excluding carboxylic acids is 1. The van der Waals surface area contributed by atoms with Crippen LogP contribution in [0.4, 0.5) is 0 Å². The van der Waals surface area contributed by atoms with Crippen LogP contribution in [0, 0.1) is 5.92 Å². The Morgan fingerprint density at radius 2 is 1.88 bits per heavy atom. The lowest BCUT2D eigenvalue weighted by Crippen LogP contribution is -2.08. The molecule has 2 heteroatoms. The number of cyclic esters (lactones) is 1. The summed E-state index contributed by atoms with van der Waals surface area (Å²) >= 11 is 0. The minimum Gasteiger partial charge on any atom is -0.466 e. The van der Waals surface area contributed by atoms with Crippen LogP contribution >= 0.6 is 0 Å². The van der Waals surface area contributed by atoms with Crippen molar-refractivity contribution in [3.05, 3.63) is 12.2 Å². The van der Waals surface area contributed by atoms with Gasteiger partial charge in [-0.1, -0.05) is 38.3 Å². The summed E-state index contributed by atoms with van der Waals surface area (Å²) in [5.74, 6) is 0.604. The fourth-order valence-corrected chi connectivity index (χ4v) is 2.07. The molecule has 0 aromatic heterocycles. The standard InChI is InChI=1S/C15H26O2/c1-14-10-8-6-4-2-3-5-7-9-11-15(16)17-13-12-14/h6,8,14H,2-5,7,9-13H2,1H3/b8-6-/t14-/m0/s1. The van der Waals surface area contributed by atoms with Crippen LogP contribution in [0.25, 0.3) is 0 Å². The van der Waals surface area contributed by atoms with Crippen LogP contribution in [0.15, 0.2) is 12.2 Å². The quantitative estimate of drug-likeness (QED) is 0.466. The summed E-state index contributed by atoms with van der Waals surface area (Å²) < 4.78 is 5.23. The van der Waals surface area contributed by atoms with Crippen LogP contribution in [-0.2, 0) is 9.53 Å². The number of allylic oxidation sites excluding steroid dienone is 2. The Kier molecular flexibility index (Phi) is 7.78. The van der Waals surface area contributed by atoms with Gasteiger partial charge in [0.15, 0.2) is 0 Å². The smallest absolute Gasteiger partial charge is 0.305 e. The molecule has 0 bridgehead atoms. The van der Waals surface area contributed by atoms with Gasteiger partial charge in [0.2, 0.25) is 0 Å². The van der Waals surface area contributed by atoms with Gasteiger partial charge in [0.1, 0.15) is 0 Å². The number of esters is 1. The highest BCUT2D eigenvalue weighted by molar-refractivity contribution is 5.69. The molecule has 0 saturated heterocycles. The monoisotopic (exact) mass is 238 g/mol. The second-order valence-corrected chi connectivity index (χ2v) is 5.13. The lowest BCUT2D eigenvalue weighted by atomic mass is 10.0. The van der Waals surface area contributed by atoms with Gasteiger partial charge in [-0.25, -0.2) is 0 Å². The summed E-state index contributed by atoms with van der Waals surface area (Å²) in [6.07, 6.45) is 14.5. The van der Waals surface area contributed by atoms with Gasteiger partial charge in [0, 0.05) is 6.42 Å². The molecule has 1 atom stereocenters. The zero-order valence-electron chi connectivity index (χ0n) is 11.1. The van der Waals surface area contributed by atoms with E-state index in [-0.39, 0.29) is 5.97 Å². The summed E-state index contributed by atoms with van der Waals surface area (Å²) in [6.45, 7) is 2.81. The lowest BCUT2D eigenvalue weighted by Gasteiger charge is -2.09. The highest BCUT2D eigenvalue weighted by Gasteiger charge is 2.05. The normalized spacial score (nSPS) is 27.6. The zero-order valence-corrected chi connectivity index (χ0v) is 11.1. The van der Waals surface area contributed by atoms with Crippen molar-refractivity contribution in [1.82, 2.24) is 0 Å². The van der Waals surface area contributed by atoms with Crippen molar-refractivity contribution in [2.75, 3.05) is 6.61 Å². The first-order chi connectivity index (χ1) is 8.29. The largest absolute Gasteiger partial charge is 0.466 e. The maximum absolute atomic E-state index is 11.4. The van der Waals surface area contributed by atoms with Crippen molar-refractivity contribution in [2.24, 2.45) is 5.92 Å². The van der Waals surface area contributed by atoms with E-state index in [4.69, 9.17) is 4.74 Å². The first kappa shape index (κ1) is 14.3. The van der Waals surface area contributed by atoms with E-state index in [1.165, 1.54) is 25.7 Å². The second-order valence-electron chi connectivity index (χ2n) is 5.13. The second kappa shape index (κ2) is 9.26. The first-order valence-electron chi connectivity index (χ1n) is 7.09. The minimum absolute atomic E-state index is 0.0115. The number of carbonyl (C=O) groups is 1. The molecule has 0 N–H and O–H groups in total. The molecule has 1 rings (SSSR count). The van der Waals surface area contributed by atoms with Crippen LogP contribution in [0.1, 0.15) is 64.7 Å². The molecule has 0 aromatic rings. The van der Waals surface area contributed by atoms with Crippen LogP contribution in [0.2, 0.25) is 0 Å². The Hall–Kier alpha value is -0.790. The van der Waals surface area contributed by atoms with Gasteiger partial charge in [-0.15, -0.1) is 0 Å². The Morgan fingerprint density at radius 1 is 1.12 bits per heavy atom. The fourth-order valence-electron chi connectivity index (χ4n) is 2.07. The third-order valence-corrected chi connectivity index (χ3v) is 3.33. The predicted octanol–water partition coefficient (Wildman–Crippen LogP) is 4.25. The molecular weight excluding hydrogens is 212 g/mol. The molecule has 0 fully saturated rings. The van der Waals surface area contributed by atoms with Crippen molar-refractivity contribution in [2.45, 2.75) is 64.7 Å². The molecule has 0 aromatic carbocycles. The molecule has 0 amide bonds. The van der Waals surface area contributed by atoms with Crippen molar-refractivity contribution >= 4 is 5.97 Å². The summed E-state index contributed by atoms with van der Waals surface area (Å²) in [7, 11) is 0. The van der Waals surface area contributed by atoms with Crippen LogP contribution in [-0.4, -0.2) is 12.6 Å². The molecule has 0 spiro atoms. The maximum Gasteiger partial charge on any atom is 0.305 e. The van der Waals surface area contributed by atoms with Gasteiger partial charge in [-0.3, -0.25) is 4.79 Å². The Bertz CT molecular complexity index is 233. The Balaban J connectivity index is 2.29. The molecule has 1 heterocycles. The topological polar surface area (TPSA) is 26.3 Å². The summed E-state index contributed by atoms with van der Waals surface area (Å²) in [6, 6.07) is 0. The Labute approximate surface area is 105 Å². The van der Waals surface area contributed by atoms with Crippen LogP contribution in [0.3, 0.4) is 0 Å². The van der Waals surface area contributed by atoms with E-state index < -0.39 is 0 Å². The fraction of sp³-hybridized carbons (Fsp3) is 0.800. The summed E-state index contributed by atoms with van der Waals surface area (Å²) in [5.41, 5.74) is 0. The maximum atomic E-state index is 11.4. The molecule has 0 unspecified atom stereocenters. The molecule has 1 aliphatic rings. The number of hydrogen-bond acceptors (Lipinski definition) is 2. The van der Waals surface area contributed by atoms with E-state index in [0.717, 1.165) is 25.7 Å². The first-order valence-corrected chi connectivity index (χ1v) is 7.09. The molecule has 0 radical (unpaired) electrons. The summed E-state index contributed by atoms with van der Waals surface area (Å²) in [4.78, 5) is 11.4. The van der Waals surface area contributed by atoms with E-state index in [1.54, 1.807) is 0 Å². The van der Waals surface area contributed by atoms with Gasteiger partial charge in [-0.05, 0) is 38.0 Å². The molecule has 17 heavy (non-hydrogen) atoms. The molecule has 0 saturated carbocycles. The van der Waals surface area contributed by atoms with E-state index in [1.807, 2.05) is 0 Å². The molecule has 1 aliphatic heterocycles. The van der Waals surface area contributed by atoms with Crippen molar-refractivity contribution < 1.29 is 9.53 Å². The van der Waals surface area contributed by atoms with E-state index in [9.17, 15) is 4.79 Å². The molecule has 98 valence electrons. The molecule has 0 aliphatic carbocycles. The molecular formula is C15H26O2. The van der Waals surface area contributed by atoms with Gasteiger partial charge in [-0.2, -0.15) is 0 Å². The number of rotatable bonds is 0. The highest BCUT2D eigenvalue weighted by atomic mass is 16.5. The van der Waals surface area contributed by atoms with Gasteiger partial charge in [0.05, 0.1) is 6.61 Å². The van der Waals surface area contributed by atoms with Gasteiger partial charge >= 0.3 is 5.97 Å². The highest BCUT2D eigenvalue weighted by Crippen LogP contribution is 2.12. The number of hydrogen-bond donors (Lipinski definition) is 0. The van der Waals surface area contributed by atoms with Gasteiger partial charge < -0.3 is 4.74 Å². The summed E-state index contributed by atoms with van der Waals surface area (Å²) in [5, 5.41) is 0. The third kappa shape index (κ3) is 8.00.